The van der Waals surface area contributed by atoms with Crippen LogP contribution in [0.2, 0.25) is 0 Å². The van der Waals surface area contributed by atoms with Crippen LogP contribution in [0.5, 0.6) is 0 Å². The molecule has 0 saturated carbocycles. The van der Waals surface area contributed by atoms with Gasteiger partial charge in [0, 0.05) is 17.4 Å². The highest BCUT2D eigenvalue weighted by Gasteiger charge is 2.22. The summed E-state index contributed by atoms with van der Waals surface area (Å²) in [4.78, 5) is 24.6. The minimum absolute atomic E-state index is 0.00308. The van der Waals surface area contributed by atoms with Gasteiger partial charge in [-0.05, 0) is 40.5 Å². The van der Waals surface area contributed by atoms with Crippen molar-refractivity contribution in [2.24, 2.45) is 0 Å². The van der Waals surface area contributed by atoms with E-state index in [2.05, 4.69) is 21.2 Å². The number of nitrogens with zero attached hydrogens (tertiary/aromatic N) is 1. The number of rotatable bonds is 3. The van der Waals surface area contributed by atoms with Gasteiger partial charge in [-0.2, -0.15) is 0 Å². The van der Waals surface area contributed by atoms with E-state index in [0.717, 1.165) is 6.42 Å². The normalized spacial score (nSPS) is 15.0. The SMILES string of the molecule is O=C(CN1CCCC1=O)Nc1ccc(F)cc1Br. The van der Waals surface area contributed by atoms with Crippen molar-refractivity contribution < 1.29 is 14.0 Å². The molecule has 0 aliphatic carbocycles. The number of carbonyl (C=O) groups excluding carboxylic acids is 2. The van der Waals surface area contributed by atoms with Crippen molar-refractivity contribution in [3.05, 3.63) is 28.5 Å². The summed E-state index contributed by atoms with van der Waals surface area (Å²) in [5.41, 5.74) is 0.494. The summed E-state index contributed by atoms with van der Waals surface area (Å²) in [6.07, 6.45) is 1.31. The lowest BCUT2D eigenvalue weighted by Crippen LogP contribution is -2.34. The molecular weight excluding hydrogens is 303 g/mol. The predicted molar refractivity (Wildman–Crippen MR) is 68.5 cm³/mol. The molecule has 0 bridgehead atoms. The van der Waals surface area contributed by atoms with Crippen molar-refractivity contribution in [2.75, 3.05) is 18.4 Å². The molecule has 2 amide bonds. The number of hydrogen-bond acceptors (Lipinski definition) is 2. The van der Waals surface area contributed by atoms with Crippen LogP contribution in [0, 0.1) is 5.82 Å². The third-order valence-corrected chi connectivity index (χ3v) is 3.37. The lowest BCUT2D eigenvalue weighted by molar-refractivity contribution is -0.131. The Balaban J connectivity index is 1.96. The fourth-order valence-corrected chi connectivity index (χ4v) is 2.28. The van der Waals surface area contributed by atoms with Crippen LogP contribution >= 0.6 is 15.9 Å². The van der Waals surface area contributed by atoms with E-state index in [1.807, 2.05) is 0 Å². The predicted octanol–water partition coefficient (Wildman–Crippen LogP) is 2.15. The van der Waals surface area contributed by atoms with Crippen molar-refractivity contribution >= 4 is 33.4 Å². The van der Waals surface area contributed by atoms with E-state index in [9.17, 15) is 14.0 Å². The molecule has 0 spiro atoms. The molecule has 0 aromatic heterocycles. The Morgan fingerprint density at radius 1 is 1.50 bits per heavy atom. The first kappa shape index (κ1) is 13.0. The van der Waals surface area contributed by atoms with E-state index < -0.39 is 0 Å². The molecular formula is C12H12BrFN2O2. The van der Waals surface area contributed by atoms with Crippen molar-refractivity contribution in [2.45, 2.75) is 12.8 Å². The first-order valence-corrected chi connectivity index (χ1v) is 6.38. The molecule has 1 saturated heterocycles. The summed E-state index contributed by atoms with van der Waals surface area (Å²) in [5.74, 6) is -0.657. The number of carbonyl (C=O) groups is 2. The Hall–Kier alpha value is -1.43. The number of halogens is 2. The minimum Gasteiger partial charge on any atom is -0.333 e. The van der Waals surface area contributed by atoms with E-state index in [-0.39, 0.29) is 24.2 Å². The van der Waals surface area contributed by atoms with E-state index >= 15 is 0 Å². The summed E-state index contributed by atoms with van der Waals surface area (Å²) < 4.78 is 13.3. The van der Waals surface area contributed by atoms with Crippen LogP contribution in [0.4, 0.5) is 10.1 Å². The van der Waals surface area contributed by atoms with E-state index in [4.69, 9.17) is 0 Å². The van der Waals surface area contributed by atoms with Crippen LogP contribution in [-0.4, -0.2) is 29.8 Å². The zero-order chi connectivity index (χ0) is 13.1. The molecule has 0 atom stereocenters. The van der Waals surface area contributed by atoms with Gasteiger partial charge < -0.3 is 10.2 Å². The lowest BCUT2D eigenvalue weighted by Gasteiger charge is -2.15. The highest BCUT2D eigenvalue weighted by molar-refractivity contribution is 9.10. The monoisotopic (exact) mass is 314 g/mol. The number of likely N-dealkylation sites (tertiary alicyclic amines) is 1. The minimum atomic E-state index is -0.380. The zero-order valence-corrected chi connectivity index (χ0v) is 11.2. The molecule has 1 fully saturated rings. The smallest absolute Gasteiger partial charge is 0.244 e. The first-order valence-electron chi connectivity index (χ1n) is 5.59. The first-order chi connectivity index (χ1) is 8.56. The zero-order valence-electron chi connectivity index (χ0n) is 9.58. The van der Waals surface area contributed by atoms with Crippen LogP contribution < -0.4 is 5.32 Å². The second-order valence-corrected chi connectivity index (χ2v) is 4.95. The Kier molecular flexibility index (Phi) is 3.96. The standard InChI is InChI=1S/C12H12BrFN2O2/c13-9-6-8(14)3-4-10(9)15-11(17)7-16-5-1-2-12(16)18/h3-4,6H,1-2,5,7H2,(H,15,17). The van der Waals surface area contributed by atoms with E-state index in [0.29, 0.717) is 23.1 Å². The average molecular weight is 315 g/mol. The average Bonchev–Trinajstić information content (AvgIpc) is 2.69. The number of hydrogen-bond donors (Lipinski definition) is 1. The molecule has 96 valence electrons. The Labute approximate surface area is 112 Å². The lowest BCUT2D eigenvalue weighted by atomic mass is 10.3. The van der Waals surface area contributed by atoms with Gasteiger partial charge in [0.15, 0.2) is 0 Å². The number of anilines is 1. The maximum Gasteiger partial charge on any atom is 0.244 e. The van der Waals surface area contributed by atoms with Gasteiger partial charge in [0.1, 0.15) is 5.82 Å². The summed E-state index contributed by atoms with van der Waals surface area (Å²) in [5, 5.41) is 2.64. The molecule has 1 heterocycles. The van der Waals surface area contributed by atoms with E-state index in [1.54, 1.807) is 0 Å². The van der Waals surface area contributed by atoms with Crippen molar-refractivity contribution in [3.8, 4) is 0 Å². The van der Waals surface area contributed by atoms with Crippen LogP contribution in [-0.2, 0) is 9.59 Å². The maximum absolute atomic E-state index is 12.9. The third kappa shape index (κ3) is 3.07. The van der Waals surface area contributed by atoms with Gasteiger partial charge in [-0.15, -0.1) is 0 Å². The van der Waals surface area contributed by atoms with Gasteiger partial charge in [0.2, 0.25) is 11.8 Å². The highest BCUT2D eigenvalue weighted by atomic mass is 79.9. The molecule has 1 aliphatic rings. The van der Waals surface area contributed by atoms with Gasteiger partial charge >= 0.3 is 0 Å². The topological polar surface area (TPSA) is 49.4 Å². The Morgan fingerprint density at radius 2 is 2.28 bits per heavy atom. The number of nitrogens with one attached hydrogen (secondary N) is 1. The molecule has 2 rings (SSSR count). The molecule has 0 unspecified atom stereocenters. The van der Waals surface area contributed by atoms with Crippen LogP contribution in [0.3, 0.4) is 0 Å². The van der Waals surface area contributed by atoms with Crippen molar-refractivity contribution in [1.29, 1.82) is 0 Å². The Morgan fingerprint density at radius 3 is 2.89 bits per heavy atom. The van der Waals surface area contributed by atoms with Crippen molar-refractivity contribution in [1.82, 2.24) is 4.90 Å². The second kappa shape index (κ2) is 5.48. The molecule has 6 heteroatoms. The molecule has 1 aromatic rings. The summed E-state index contributed by atoms with van der Waals surface area (Å²) in [6, 6.07) is 4.02. The van der Waals surface area contributed by atoms with Crippen LogP contribution in [0.1, 0.15) is 12.8 Å². The largest absolute Gasteiger partial charge is 0.333 e. The molecule has 18 heavy (non-hydrogen) atoms. The molecule has 1 aliphatic heterocycles. The summed E-state index contributed by atoms with van der Waals surface area (Å²) >= 11 is 3.16. The van der Waals surface area contributed by atoms with Gasteiger partial charge in [0.05, 0.1) is 12.2 Å². The molecule has 1 aromatic carbocycles. The van der Waals surface area contributed by atoms with Gasteiger partial charge in [-0.3, -0.25) is 9.59 Å². The quantitative estimate of drug-likeness (QED) is 0.929. The van der Waals surface area contributed by atoms with Crippen LogP contribution in [0.15, 0.2) is 22.7 Å². The fourth-order valence-electron chi connectivity index (χ4n) is 1.83. The molecule has 0 radical (unpaired) electrons. The number of benzene rings is 1. The molecule has 1 N–H and O–H groups in total. The van der Waals surface area contributed by atoms with Crippen molar-refractivity contribution in [3.63, 3.8) is 0 Å². The maximum atomic E-state index is 12.9. The summed E-state index contributed by atoms with van der Waals surface area (Å²) in [7, 11) is 0. The molecule has 4 nitrogen and oxygen atoms in total. The highest BCUT2D eigenvalue weighted by Crippen LogP contribution is 2.23. The number of amides is 2. The van der Waals surface area contributed by atoms with Gasteiger partial charge in [-0.25, -0.2) is 4.39 Å². The summed E-state index contributed by atoms with van der Waals surface area (Å²) in [6.45, 7) is 0.666. The van der Waals surface area contributed by atoms with Gasteiger partial charge in [-0.1, -0.05) is 0 Å². The third-order valence-electron chi connectivity index (χ3n) is 2.71. The fraction of sp³-hybridized carbons (Fsp3) is 0.333. The van der Waals surface area contributed by atoms with Crippen LogP contribution in [0.25, 0.3) is 0 Å². The second-order valence-electron chi connectivity index (χ2n) is 4.09. The Bertz CT molecular complexity index is 493. The van der Waals surface area contributed by atoms with Gasteiger partial charge in [0.25, 0.3) is 0 Å². The van der Waals surface area contributed by atoms with E-state index in [1.165, 1.54) is 23.1 Å².